The summed E-state index contributed by atoms with van der Waals surface area (Å²) in [6, 6.07) is 7.18. The predicted octanol–water partition coefficient (Wildman–Crippen LogP) is 3.92. The molecule has 3 aromatic rings. The summed E-state index contributed by atoms with van der Waals surface area (Å²) in [5.74, 6) is 0.796. The molecular weight excluding hydrogens is 373 g/mol. The number of nitrogens with zero attached hydrogens (tertiary/aromatic N) is 4. The molecule has 0 saturated carbocycles. The number of aryl methyl sites for hydroxylation is 1. The number of hydrogen-bond donors (Lipinski definition) is 1. The largest absolute Gasteiger partial charge is 0.489 e. The lowest BCUT2D eigenvalue weighted by atomic mass is 10.0. The summed E-state index contributed by atoms with van der Waals surface area (Å²) in [6.07, 6.45) is 4.10. The van der Waals surface area contributed by atoms with Gasteiger partial charge in [-0.1, -0.05) is 41.9 Å². The van der Waals surface area contributed by atoms with Gasteiger partial charge in [0.1, 0.15) is 23.2 Å². The third kappa shape index (κ3) is 3.98. The molecule has 0 aliphatic carbocycles. The zero-order valence-electron chi connectivity index (χ0n) is 14.1. The number of benzene rings is 1. The minimum absolute atomic E-state index is 0.0943. The lowest BCUT2D eigenvalue weighted by Crippen LogP contribution is -2.01. The molecule has 1 aromatic carbocycles. The minimum atomic E-state index is 0.0943. The third-order valence-electron chi connectivity index (χ3n) is 3.66. The summed E-state index contributed by atoms with van der Waals surface area (Å²) in [4.78, 5) is 8.13. The molecule has 0 fully saturated rings. The van der Waals surface area contributed by atoms with Gasteiger partial charge in [-0.2, -0.15) is 5.10 Å². The van der Waals surface area contributed by atoms with Crippen LogP contribution in [0.1, 0.15) is 11.1 Å². The summed E-state index contributed by atoms with van der Waals surface area (Å²) in [7, 11) is 1.83. The van der Waals surface area contributed by atoms with Crippen molar-refractivity contribution in [1.82, 2.24) is 19.7 Å². The van der Waals surface area contributed by atoms with E-state index in [0.717, 1.165) is 11.1 Å². The molecule has 134 valence electrons. The Bertz CT molecular complexity index is 934. The molecule has 0 bridgehead atoms. The molecule has 6 nitrogen and oxygen atoms in total. The topological polar surface area (TPSA) is 78.8 Å². The van der Waals surface area contributed by atoms with E-state index >= 15 is 0 Å². The Balaban J connectivity index is 2.03. The second-order valence-corrected chi connectivity index (χ2v) is 6.40. The van der Waals surface area contributed by atoms with Crippen molar-refractivity contribution >= 4 is 29.2 Å². The fraction of sp³-hybridized carbons (Fsp3) is 0.167. The maximum absolute atomic E-state index is 6.41. The Morgan fingerprint density at radius 1 is 1.31 bits per heavy atom. The third-order valence-corrected chi connectivity index (χ3v) is 4.21. The van der Waals surface area contributed by atoms with E-state index in [1.165, 1.54) is 0 Å². The first-order chi connectivity index (χ1) is 12.5. The molecule has 3 rings (SSSR count). The van der Waals surface area contributed by atoms with Crippen LogP contribution in [0.25, 0.3) is 11.4 Å². The number of nitrogen functional groups attached to an aromatic ring is 1. The van der Waals surface area contributed by atoms with E-state index in [1.54, 1.807) is 16.8 Å². The molecule has 0 aliphatic rings. The first-order valence-electron chi connectivity index (χ1n) is 7.82. The standard InChI is InChI=1S/C18H17Cl2N5O/c1-3-7-26-15-6-4-5-13(19)12(15)8-11-10-25(2)24-17(11)14-9-16(20)23-18(21)22-14/h3-6,9-10H,1,7-8H2,2H3,(H2,21,22,23). The van der Waals surface area contributed by atoms with E-state index in [-0.39, 0.29) is 11.1 Å². The Kier molecular flexibility index (Phi) is 5.44. The lowest BCUT2D eigenvalue weighted by molar-refractivity contribution is 0.360. The Morgan fingerprint density at radius 3 is 2.85 bits per heavy atom. The van der Waals surface area contributed by atoms with Gasteiger partial charge >= 0.3 is 0 Å². The van der Waals surface area contributed by atoms with E-state index in [2.05, 4.69) is 21.6 Å². The van der Waals surface area contributed by atoms with Crippen molar-refractivity contribution in [2.24, 2.45) is 7.05 Å². The van der Waals surface area contributed by atoms with E-state index in [4.69, 9.17) is 33.7 Å². The van der Waals surface area contributed by atoms with E-state index in [9.17, 15) is 0 Å². The highest BCUT2D eigenvalue weighted by atomic mass is 35.5. The van der Waals surface area contributed by atoms with Crippen LogP contribution in [0, 0.1) is 0 Å². The summed E-state index contributed by atoms with van der Waals surface area (Å²) in [5.41, 5.74) is 8.71. The van der Waals surface area contributed by atoms with Crippen molar-refractivity contribution < 1.29 is 4.74 Å². The Morgan fingerprint density at radius 2 is 2.12 bits per heavy atom. The summed E-state index contributed by atoms with van der Waals surface area (Å²) in [5, 5.41) is 5.37. The normalized spacial score (nSPS) is 10.7. The van der Waals surface area contributed by atoms with Crippen molar-refractivity contribution in [3.63, 3.8) is 0 Å². The number of rotatable bonds is 6. The maximum atomic E-state index is 6.41. The summed E-state index contributed by atoms with van der Waals surface area (Å²) >= 11 is 12.4. The summed E-state index contributed by atoms with van der Waals surface area (Å²) < 4.78 is 7.44. The predicted molar refractivity (Wildman–Crippen MR) is 104 cm³/mol. The van der Waals surface area contributed by atoms with E-state index in [0.29, 0.717) is 35.2 Å². The number of nitrogens with two attached hydrogens (primary N) is 1. The van der Waals surface area contributed by atoms with Gasteiger partial charge in [0.25, 0.3) is 0 Å². The minimum Gasteiger partial charge on any atom is -0.489 e. The zero-order chi connectivity index (χ0) is 18.7. The van der Waals surface area contributed by atoms with Crippen LogP contribution in [0.4, 0.5) is 5.95 Å². The van der Waals surface area contributed by atoms with E-state index < -0.39 is 0 Å². The SMILES string of the molecule is C=CCOc1cccc(Cl)c1Cc1cn(C)nc1-c1cc(Cl)nc(N)n1. The van der Waals surface area contributed by atoms with Gasteiger partial charge in [0.2, 0.25) is 5.95 Å². The molecule has 0 spiro atoms. The van der Waals surface area contributed by atoms with Crippen molar-refractivity contribution in [2.45, 2.75) is 6.42 Å². The number of hydrogen-bond acceptors (Lipinski definition) is 5. The van der Waals surface area contributed by atoms with Crippen LogP contribution < -0.4 is 10.5 Å². The monoisotopic (exact) mass is 389 g/mol. The van der Waals surface area contributed by atoms with Crippen molar-refractivity contribution in [3.8, 4) is 17.1 Å². The van der Waals surface area contributed by atoms with Crippen molar-refractivity contribution in [2.75, 3.05) is 12.3 Å². The molecule has 0 amide bonds. The maximum Gasteiger partial charge on any atom is 0.222 e. The smallest absolute Gasteiger partial charge is 0.222 e. The quantitative estimate of drug-likeness (QED) is 0.510. The average molecular weight is 390 g/mol. The molecule has 0 saturated heterocycles. The summed E-state index contributed by atoms with van der Waals surface area (Å²) in [6.45, 7) is 4.07. The number of anilines is 1. The van der Waals surface area contributed by atoms with Gasteiger partial charge in [0.05, 0.1) is 5.69 Å². The van der Waals surface area contributed by atoms with Gasteiger partial charge in [-0.25, -0.2) is 9.97 Å². The number of halogens is 2. The molecule has 2 N–H and O–H groups in total. The highest BCUT2D eigenvalue weighted by molar-refractivity contribution is 6.31. The van der Waals surface area contributed by atoms with E-state index in [1.807, 2.05) is 31.4 Å². The van der Waals surface area contributed by atoms with Gasteiger partial charge in [-0.05, 0) is 12.1 Å². The van der Waals surface area contributed by atoms with Crippen LogP contribution in [0.15, 0.2) is 43.1 Å². The van der Waals surface area contributed by atoms with Crippen LogP contribution in [0.2, 0.25) is 10.2 Å². The molecule has 26 heavy (non-hydrogen) atoms. The molecular formula is C18H17Cl2N5O. The second-order valence-electron chi connectivity index (χ2n) is 5.60. The molecule has 0 atom stereocenters. The van der Waals surface area contributed by atoms with Crippen LogP contribution >= 0.6 is 23.2 Å². The fourth-order valence-corrected chi connectivity index (χ4v) is 3.05. The van der Waals surface area contributed by atoms with Crippen LogP contribution in [0.5, 0.6) is 5.75 Å². The molecule has 8 heteroatoms. The van der Waals surface area contributed by atoms with Crippen LogP contribution in [-0.2, 0) is 13.5 Å². The zero-order valence-corrected chi connectivity index (χ0v) is 15.6. The van der Waals surface area contributed by atoms with Gasteiger partial charge in [0.15, 0.2) is 0 Å². The lowest BCUT2D eigenvalue weighted by Gasteiger charge is -2.12. The van der Waals surface area contributed by atoms with Crippen LogP contribution in [0.3, 0.4) is 0 Å². The van der Waals surface area contributed by atoms with Gasteiger partial charge in [0, 0.05) is 41.9 Å². The molecule has 2 aromatic heterocycles. The second kappa shape index (κ2) is 7.76. The Labute approximate surface area is 161 Å². The average Bonchev–Trinajstić information content (AvgIpc) is 2.95. The highest BCUT2D eigenvalue weighted by Crippen LogP contribution is 2.32. The van der Waals surface area contributed by atoms with Crippen molar-refractivity contribution in [1.29, 1.82) is 0 Å². The fourth-order valence-electron chi connectivity index (χ4n) is 2.62. The molecule has 0 aliphatic heterocycles. The first-order valence-corrected chi connectivity index (χ1v) is 8.57. The molecule has 2 heterocycles. The molecule has 0 radical (unpaired) electrons. The van der Waals surface area contributed by atoms with Crippen LogP contribution in [-0.4, -0.2) is 26.4 Å². The number of ether oxygens (including phenoxy) is 1. The first kappa shape index (κ1) is 18.2. The van der Waals surface area contributed by atoms with Gasteiger partial charge in [-0.3, -0.25) is 4.68 Å². The number of aromatic nitrogens is 4. The van der Waals surface area contributed by atoms with Gasteiger partial charge < -0.3 is 10.5 Å². The van der Waals surface area contributed by atoms with Crippen molar-refractivity contribution in [3.05, 3.63) is 64.4 Å². The molecule has 0 unspecified atom stereocenters. The highest BCUT2D eigenvalue weighted by Gasteiger charge is 2.17. The Hall–Kier alpha value is -2.57. The van der Waals surface area contributed by atoms with Gasteiger partial charge in [-0.15, -0.1) is 0 Å².